The van der Waals surface area contributed by atoms with Crippen LogP contribution in [0, 0.1) is 0 Å². The summed E-state index contributed by atoms with van der Waals surface area (Å²) in [6.07, 6.45) is 2.12. The summed E-state index contributed by atoms with van der Waals surface area (Å²) < 4.78 is 0. The first-order valence-corrected chi connectivity index (χ1v) is 7.75. The Balaban J connectivity index is 1.57. The molecule has 0 saturated heterocycles. The summed E-state index contributed by atoms with van der Waals surface area (Å²) in [5, 5.41) is 0. The Morgan fingerprint density at radius 3 is 1.87 bits per heavy atom. The molecular formula is C21H17NO. The molecule has 1 heterocycles. The minimum Gasteiger partial charge on any atom is -0.407 e. The summed E-state index contributed by atoms with van der Waals surface area (Å²) in [6, 6.07) is 29.2. The summed E-state index contributed by atoms with van der Waals surface area (Å²) >= 11 is 0. The van der Waals surface area contributed by atoms with E-state index in [1.165, 1.54) is 16.7 Å². The van der Waals surface area contributed by atoms with Crippen LogP contribution in [-0.2, 0) is 4.84 Å². The standard InChI is InChI=1S/C21H17NO/c1-3-7-16(8-4-1)17-11-13-19(14-12-17)21-15-20(22-23-21)18-9-5-2-6-10-18/h1-15,20,22H. The number of nitrogens with one attached hydrogen (secondary N) is 1. The van der Waals surface area contributed by atoms with Crippen LogP contribution in [0.15, 0.2) is 91.0 Å². The van der Waals surface area contributed by atoms with Crippen LogP contribution in [0.2, 0.25) is 0 Å². The zero-order chi connectivity index (χ0) is 15.5. The van der Waals surface area contributed by atoms with E-state index in [0.717, 1.165) is 11.3 Å². The molecular weight excluding hydrogens is 282 g/mol. The fourth-order valence-electron chi connectivity index (χ4n) is 2.78. The average Bonchev–Trinajstić information content (AvgIpc) is 3.14. The molecule has 1 N–H and O–H groups in total. The van der Waals surface area contributed by atoms with Crippen LogP contribution < -0.4 is 5.48 Å². The quantitative estimate of drug-likeness (QED) is 0.737. The summed E-state index contributed by atoms with van der Waals surface area (Å²) in [4.78, 5) is 5.66. The first kappa shape index (κ1) is 13.8. The molecule has 4 rings (SSSR count). The lowest BCUT2D eigenvalue weighted by molar-refractivity contribution is 0.162. The van der Waals surface area contributed by atoms with Gasteiger partial charge >= 0.3 is 0 Å². The van der Waals surface area contributed by atoms with Crippen LogP contribution >= 0.6 is 0 Å². The molecule has 2 heteroatoms. The molecule has 0 bridgehead atoms. The molecule has 0 aromatic heterocycles. The van der Waals surface area contributed by atoms with Crippen molar-refractivity contribution in [2.75, 3.05) is 0 Å². The Kier molecular flexibility index (Phi) is 3.66. The third-order valence-corrected chi connectivity index (χ3v) is 4.05. The van der Waals surface area contributed by atoms with Gasteiger partial charge in [-0.25, -0.2) is 0 Å². The summed E-state index contributed by atoms with van der Waals surface area (Å²) in [5.41, 5.74) is 7.78. The van der Waals surface area contributed by atoms with Gasteiger partial charge in [-0.05, 0) is 22.8 Å². The Bertz CT molecular complexity index is 807. The van der Waals surface area contributed by atoms with E-state index in [2.05, 4.69) is 72.2 Å². The van der Waals surface area contributed by atoms with E-state index >= 15 is 0 Å². The predicted molar refractivity (Wildman–Crippen MR) is 93.3 cm³/mol. The predicted octanol–water partition coefficient (Wildman–Crippen LogP) is 4.97. The van der Waals surface area contributed by atoms with E-state index in [-0.39, 0.29) is 6.04 Å². The molecule has 1 aliphatic rings. The summed E-state index contributed by atoms with van der Waals surface area (Å²) in [5.74, 6) is 0.874. The molecule has 0 spiro atoms. The van der Waals surface area contributed by atoms with Crippen molar-refractivity contribution < 1.29 is 4.84 Å². The topological polar surface area (TPSA) is 21.3 Å². The second kappa shape index (κ2) is 6.11. The first-order valence-electron chi connectivity index (χ1n) is 7.75. The molecule has 1 aliphatic heterocycles. The molecule has 23 heavy (non-hydrogen) atoms. The van der Waals surface area contributed by atoms with Crippen LogP contribution in [0.1, 0.15) is 17.2 Å². The third-order valence-electron chi connectivity index (χ3n) is 4.05. The van der Waals surface area contributed by atoms with E-state index in [1.54, 1.807) is 0 Å². The van der Waals surface area contributed by atoms with Crippen molar-refractivity contribution in [3.05, 3.63) is 102 Å². The van der Waals surface area contributed by atoms with Crippen LogP contribution in [0.3, 0.4) is 0 Å². The van der Waals surface area contributed by atoms with Gasteiger partial charge in [0.05, 0.1) is 6.04 Å². The lowest BCUT2D eigenvalue weighted by Crippen LogP contribution is -2.12. The Hall–Kier alpha value is -2.84. The van der Waals surface area contributed by atoms with Crippen LogP contribution in [0.4, 0.5) is 0 Å². The molecule has 112 valence electrons. The minimum atomic E-state index is 0.0972. The highest BCUT2D eigenvalue weighted by molar-refractivity contribution is 5.68. The van der Waals surface area contributed by atoms with E-state index in [1.807, 2.05) is 24.3 Å². The van der Waals surface area contributed by atoms with E-state index in [0.29, 0.717) is 0 Å². The zero-order valence-electron chi connectivity index (χ0n) is 12.6. The van der Waals surface area contributed by atoms with Gasteiger partial charge in [-0.3, -0.25) is 0 Å². The molecule has 1 unspecified atom stereocenters. The van der Waals surface area contributed by atoms with Crippen molar-refractivity contribution in [3.63, 3.8) is 0 Å². The Morgan fingerprint density at radius 1 is 0.609 bits per heavy atom. The van der Waals surface area contributed by atoms with Crippen molar-refractivity contribution in [3.8, 4) is 11.1 Å². The highest BCUT2D eigenvalue weighted by Crippen LogP contribution is 2.29. The van der Waals surface area contributed by atoms with Gasteiger partial charge in [0.2, 0.25) is 0 Å². The van der Waals surface area contributed by atoms with Crippen molar-refractivity contribution in [1.82, 2.24) is 5.48 Å². The van der Waals surface area contributed by atoms with E-state index in [4.69, 9.17) is 4.84 Å². The minimum absolute atomic E-state index is 0.0972. The van der Waals surface area contributed by atoms with Gasteiger partial charge in [0.15, 0.2) is 5.76 Å². The molecule has 0 saturated carbocycles. The highest BCUT2D eigenvalue weighted by atomic mass is 16.7. The fourth-order valence-corrected chi connectivity index (χ4v) is 2.78. The first-order chi connectivity index (χ1) is 11.4. The number of hydrogen-bond donors (Lipinski definition) is 1. The van der Waals surface area contributed by atoms with Crippen molar-refractivity contribution >= 4 is 5.76 Å². The normalized spacial score (nSPS) is 16.7. The van der Waals surface area contributed by atoms with Gasteiger partial charge < -0.3 is 4.84 Å². The Labute approximate surface area is 136 Å². The molecule has 0 amide bonds. The van der Waals surface area contributed by atoms with E-state index < -0.39 is 0 Å². The van der Waals surface area contributed by atoms with Gasteiger partial charge in [-0.15, -0.1) is 5.48 Å². The molecule has 0 radical (unpaired) electrons. The largest absolute Gasteiger partial charge is 0.407 e. The maximum atomic E-state index is 5.66. The second-order valence-corrected chi connectivity index (χ2v) is 5.58. The van der Waals surface area contributed by atoms with Crippen molar-refractivity contribution in [2.45, 2.75) is 6.04 Å². The summed E-state index contributed by atoms with van der Waals surface area (Å²) in [6.45, 7) is 0. The average molecular weight is 299 g/mol. The lowest BCUT2D eigenvalue weighted by Gasteiger charge is -2.07. The maximum absolute atomic E-state index is 5.66. The van der Waals surface area contributed by atoms with Gasteiger partial charge in [-0.1, -0.05) is 84.9 Å². The van der Waals surface area contributed by atoms with E-state index in [9.17, 15) is 0 Å². The number of hydroxylamine groups is 1. The zero-order valence-corrected chi connectivity index (χ0v) is 12.6. The highest BCUT2D eigenvalue weighted by Gasteiger charge is 2.19. The smallest absolute Gasteiger partial charge is 0.152 e. The summed E-state index contributed by atoms with van der Waals surface area (Å²) in [7, 11) is 0. The van der Waals surface area contributed by atoms with Gasteiger partial charge in [0, 0.05) is 5.56 Å². The van der Waals surface area contributed by atoms with Gasteiger partial charge in [0.1, 0.15) is 0 Å². The van der Waals surface area contributed by atoms with Crippen molar-refractivity contribution in [2.24, 2.45) is 0 Å². The Morgan fingerprint density at radius 2 is 1.17 bits per heavy atom. The number of hydrogen-bond acceptors (Lipinski definition) is 2. The van der Waals surface area contributed by atoms with Gasteiger partial charge in [0.25, 0.3) is 0 Å². The molecule has 3 aromatic rings. The monoisotopic (exact) mass is 299 g/mol. The molecule has 2 nitrogen and oxygen atoms in total. The van der Waals surface area contributed by atoms with Crippen LogP contribution in [0.25, 0.3) is 16.9 Å². The SMILES string of the molecule is C1=C(c2ccc(-c3ccccc3)cc2)ONC1c1ccccc1. The van der Waals surface area contributed by atoms with Gasteiger partial charge in [-0.2, -0.15) is 0 Å². The molecule has 1 atom stereocenters. The lowest BCUT2D eigenvalue weighted by atomic mass is 10.0. The molecule has 0 fully saturated rings. The second-order valence-electron chi connectivity index (χ2n) is 5.58. The maximum Gasteiger partial charge on any atom is 0.152 e. The van der Waals surface area contributed by atoms with Crippen LogP contribution in [-0.4, -0.2) is 0 Å². The molecule has 3 aromatic carbocycles. The number of benzene rings is 3. The fraction of sp³-hybridized carbons (Fsp3) is 0.0476. The van der Waals surface area contributed by atoms with Crippen molar-refractivity contribution in [1.29, 1.82) is 0 Å². The third kappa shape index (κ3) is 2.89. The molecule has 0 aliphatic carbocycles. The number of rotatable bonds is 3. The van der Waals surface area contributed by atoms with Crippen LogP contribution in [0.5, 0.6) is 0 Å².